The summed E-state index contributed by atoms with van der Waals surface area (Å²) in [7, 11) is 0. The Bertz CT molecular complexity index is 1430. The highest BCUT2D eigenvalue weighted by Gasteiger charge is 2.15. The van der Waals surface area contributed by atoms with E-state index >= 15 is 0 Å². The lowest BCUT2D eigenvalue weighted by atomic mass is 10.1. The van der Waals surface area contributed by atoms with E-state index in [-0.39, 0.29) is 0 Å². The average molecular weight is 373 g/mol. The number of rotatable bonds is 2. The molecule has 0 saturated carbocycles. The summed E-state index contributed by atoms with van der Waals surface area (Å²) in [4.78, 5) is 29.0. The predicted molar refractivity (Wildman–Crippen MR) is 105 cm³/mol. The maximum absolute atomic E-state index is 12.3. The lowest BCUT2D eigenvalue weighted by Gasteiger charge is -2.00. The first kappa shape index (κ1) is 15.7. The minimum Gasteiger partial charge on any atom is -0.422 e. The molecule has 0 atom stereocenters. The van der Waals surface area contributed by atoms with Crippen molar-refractivity contribution in [3.8, 4) is 22.0 Å². The summed E-state index contributed by atoms with van der Waals surface area (Å²) >= 11 is 1.30. The maximum Gasteiger partial charge on any atom is 0.346 e. The van der Waals surface area contributed by atoms with Gasteiger partial charge in [0.1, 0.15) is 16.3 Å². The van der Waals surface area contributed by atoms with E-state index in [2.05, 4.69) is 4.98 Å². The molecule has 0 bridgehead atoms. The molecule has 130 valence electrons. The zero-order valence-corrected chi connectivity index (χ0v) is 14.7. The van der Waals surface area contributed by atoms with Crippen LogP contribution in [0.2, 0.25) is 0 Å². The van der Waals surface area contributed by atoms with Crippen molar-refractivity contribution in [1.82, 2.24) is 4.98 Å². The van der Waals surface area contributed by atoms with Gasteiger partial charge in [-0.3, -0.25) is 0 Å². The van der Waals surface area contributed by atoms with Gasteiger partial charge in [-0.05, 0) is 29.7 Å². The summed E-state index contributed by atoms with van der Waals surface area (Å²) < 4.78 is 10.8. The first-order chi connectivity index (χ1) is 13.2. The molecule has 0 aliphatic rings. The second kappa shape index (κ2) is 6.03. The van der Waals surface area contributed by atoms with Crippen LogP contribution in [0.4, 0.5) is 0 Å². The maximum atomic E-state index is 12.3. The number of aromatic nitrogens is 1. The monoisotopic (exact) mass is 373 g/mol. The van der Waals surface area contributed by atoms with Gasteiger partial charge in [0.05, 0.1) is 10.9 Å². The van der Waals surface area contributed by atoms with Crippen molar-refractivity contribution in [1.29, 1.82) is 0 Å². The fourth-order valence-corrected chi connectivity index (χ4v) is 3.79. The fraction of sp³-hybridized carbons (Fsp3) is 0. The molecule has 6 heteroatoms. The third-order valence-corrected chi connectivity index (χ3v) is 5.17. The molecule has 0 amide bonds. The average Bonchev–Trinajstić information content (AvgIpc) is 3.17. The summed E-state index contributed by atoms with van der Waals surface area (Å²) in [5, 5.41) is 4.40. The third-order valence-electron chi connectivity index (χ3n) is 4.30. The van der Waals surface area contributed by atoms with Crippen molar-refractivity contribution in [2.24, 2.45) is 0 Å². The number of hydrogen-bond acceptors (Lipinski definition) is 6. The molecule has 0 radical (unpaired) electrons. The van der Waals surface area contributed by atoms with E-state index in [1.54, 1.807) is 35.7 Å². The lowest BCUT2D eigenvalue weighted by Crippen LogP contribution is -2.02. The van der Waals surface area contributed by atoms with Gasteiger partial charge in [-0.25, -0.2) is 14.6 Å². The van der Waals surface area contributed by atoms with Crippen LogP contribution in [0.5, 0.6) is 0 Å². The molecule has 0 aliphatic carbocycles. The van der Waals surface area contributed by atoms with Crippen LogP contribution in [0.15, 0.2) is 84.5 Å². The topological polar surface area (TPSA) is 73.3 Å². The van der Waals surface area contributed by atoms with Crippen molar-refractivity contribution < 1.29 is 8.83 Å². The molecule has 0 aliphatic heterocycles. The normalized spacial score (nSPS) is 11.3. The van der Waals surface area contributed by atoms with Gasteiger partial charge in [-0.1, -0.05) is 36.4 Å². The number of thiazole rings is 1. The van der Waals surface area contributed by atoms with E-state index in [1.165, 1.54) is 11.3 Å². The predicted octanol–water partition coefficient (Wildman–Crippen LogP) is 4.69. The van der Waals surface area contributed by atoms with E-state index in [9.17, 15) is 9.59 Å². The van der Waals surface area contributed by atoms with Crippen molar-refractivity contribution in [2.75, 3.05) is 0 Å². The largest absolute Gasteiger partial charge is 0.422 e. The van der Waals surface area contributed by atoms with Gasteiger partial charge < -0.3 is 8.83 Å². The Hall–Kier alpha value is -3.51. The van der Waals surface area contributed by atoms with Crippen LogP contribution < -0.4 is 11.3 Å². The van der Waals surface area contributed by atoms with Gasteiger partial charge >= 0.3 is 11.3 Å². The number of hydrogen-bond donors (Lipinski definition) is 0. The molecule has 0 saturated heterocycles. The molecule has 5 aromatic rings. The molecular weight excluding hydrogens is 362 g/mol. The van der Waals surface area contributed by atoms with Crippen LogP contribution in [0.3, 0.4) is 0 Å². The smallest absolute Gasteiger partial charge is 0.346 e. The molecule has 2 aromatic carbocycles. The Morgan fingerprint density at radius 2 is 1.59 bits per heavy atom. The van der Waals surface area contributed by atoms with Crippen molar-refractivity contribution in [3.63, 3.8) is 0 Å². The first-order valence-corrected chi connectivity index (χ1v) is 9.09. The van der Waals surface area contributed by atoms with Gasteiger partial charge in [0.15, 0.2) is 5.76 Å². The van der Waals surface area contributed by atoms with Crippen LogP contribution in [-0.4, -0.2) is 4.98 Å². The van der Waals surface area contributed by atoms with Crippen LogP contribution in [0, 0.1) is 0 Å². The van der Waals surface area contributed by atoms with Crippen LogP contribution in [0.1, 0.15) is 0 Å². The molecule has 5 rings (SSSR count). The number of para-hydroxylation sites is 1. The van der Waals surface area contributed by atoms with Gasteiger partial charge in [-0.15, -0.1) is 11.3 Å². The molecule has 3 heterocycles. The van der Waals surface area contributed by atoms with Crippen molar-refractivity contribution in [3.05, 3.63) is 86.9 Å². The Morgan fingerprint density at radius 3 is 2.48 bits per heavy atom. The van der Waals surface area contributed by atoms with Crippen LogP contribution in [-0.2, 0) is 0 Å². The summed E-state index contributed by atoms with van der Waals surface area (Å²) in [5.41, 5.74) is 0.555. The molecule has 0 unspecified atom stereocenters. The third kappa shape index (κ3) is 2.67. The summed E-state index contributed by atoms with van der Waals surface area (Å²) in [6.45, 7) is 0. The van der Waals surface area contributed by atoms with Crippen molar-refractivity contribution >= 4 is 33.1 Å². The van der Waals surface area contributed by atoms with Crippen LogP contribution in [0.25, 0.3) is 43.8 Å². The molecule has 0 spiro atoms. The summed E-state index contributed by atoms with van der Waals surface area (Å²) in [6.07, 6.45) is 0. The first-order valence-electron chi connectivity index (χ1n) is 8.21. The second-order valence-electron chi connectivity index (χ2n) is 6.01. The highest BCUT2D eigenvalue weighted by atomic mass is 32.1. The quantitative estimate of drug-likeness (QED) is 0.420. The van der Waals surface area contributed by atoms with Crippen molar-refractivity contribution in [2.45, 2.75) is 0 Å². The minimum atomic E-state index is -0.449. The number of fused-ring (bicyclic) bond motifs is 2. The molecule has 0 fully saturated rings. The molecule has 3 aromatic heterocycles. The number of nitrogens with zero attached hydrogens (tertiary/aromatic N) is 1. The standard InChI is InChI=1S/C21H11NO4S/c23-20-14-7-3-1-5-12(14)10-18(26-20)16-11-27-19(22-16)15-9-13-6-2-4-8-17(13)25-21(15)24/h1-11H. The van der Waals surface area contributed by atoms with E-state index < -0.39 is 11.3 Å². The fourth-order valence-electron chi connectivity index (χ4n) is 2.98. The highest BCUT2D eigenvalue weighted by molar-refractivity contribution is 7.13. The Kier molecular flexibility index (Phi) is 3.51. The van der Waals surface area contributed by atoms with E-state index in [0.717, 1.165) is 10.8 Å². The molecule has 27 heavy (non-hydrogen) atoms. The van der Waals surface area contributed by atoms with E-state index in [4.69, 9.17) is 8.83 Å². The van der Waals surface area contributed by atoms with Gasteiger partial charge in [0.2, 0.25) is 0 Å². The molecule has 5 nitrogen and oxygen atoms in total. The highest BCUT2D eigenvalue weighted by Crippen LogP contribution is 2.29. The lowest BCUT2D eigenvalue weighted by molar-refractivity contribution is 0.533. The van der Waals surface area contributed by atoms with E-state index in [1.807, 2.05) is 30.3 Å². The van der Waals surface area contributed by atoms with Gasteiger partial charge in [0, 0.05) is 10.8 Å². The van der Waals surface area contributed by atoms with Gasteiger partial charge in [0.25, 0.3) is 0 Å². The van der Waals surface area contributed by atoms with Gasteiger partial charge in [-0.2, -0.15) is 0 Å². The molecule has 0 N–H and O–H groups in total. The Morgan fingerprint density at radius 1 is 0.815 bits per heavy atom. The molecular formula is C21H11NO4S. The SMILES string of the molecule is O=c1oc2ccccc2cc1-c1nc(-c2cc3ccccc3c(=O)o2)cs1. The van der Waals surface area contributed by atoms with E-state index in [0.29, 0.717) is 33.0 Å². The summed E-state index contributed by atoms with van der Waals surface area (Å²) in [5.74, 6) is 0.367. The number of benzene rings is 2. The van der Waals surface area contributed by atoms with Crippen LogP contribution >= 0.6 is 11.3 Å². The summed E-state index contributed by atoms with van der Waals surface area (Å²) in [6, 6.07) is 18.1. The minimum absolute atomic E-state index is 0.367. The Labute approximate surface area is 156 Å². The zero-order chi connectivity index (χ0) is 18.4. The Balaban J connectivity index is 1.64. The second-order valence-corrected chi connectivity index (χ2v) is 6.87. The zero-order valence-electron chi connectivity index (χ0n) is 13.8.